The second-order valence-electron chi connectivity index (χ2n) is 11.9. The summed E-state index contributed by atoms with van der Waals surface area (Å²) in [7, 11) is 0. The van der Waals surface area contributed by atoms with Crippen LogP contribution in [-0.2, 0) is 0 Å². The second kappa shape index (κ2) is 10.5. The third-order valence-electron chi connectivity index (χ3n) is 9.11. The van der Waals surface area contributed by atoms with Gasteiger partial charge in [0.05, 0.1) is 22.1 Å². The Kier molecular flexibility index (Phi) is 5.81. The number of nitrogens with zero attached hydrogens (tertiary/aromatic N) is 2. The number of anilines is 3. The molecule has 226 valence electrons. The van der Waals surface area contributed by atoms with Gasteiger partial charge in [0, 0.05) is 22.0 Å². The number of aromatic nitrogens is 1. The smallest absolute Gasteiger partial charge is 0.227 e. The first-order chi connectivity index (χ1) is 23.8. The minimum atomic E-state index is 0.585. The molecule has 0 N–H and O–H groups in total. The normalized spacial score (nSPS) is 11.8. The number of para-hydroxylation sites is 2. The van der Waals surface area contributed by atoms with Crippen molar-refractivity contribution in [3.05, 3.63) is 158 Å². The summed E-state index contributed by atoms with van der Waals surface area (Å²) in [6.45, 7) is 0. The van der Waals surface area contributed by atoms with Crippen LogP contribution in [-0.4, -0.2) is 4.98 Å². The second-order valence-corrected chi connectivity index (χ2v) is 11.9. The standard InChI is InChI=1S/C43H26N2O3/c1-3-11-27(12-4-1)28-21-23-30(24-22-28)45(33-17-10-20-36-39(33)31-15-7-8-19-35(31)46-36)34-18-9-16-32-40-37(47-42(32)34)25-26-38-41(40)44-43(48-38)29-13-5-2-6-14-29/h1-26H. The molecule has 10 aromatic rings. The minimum absolute atomic E-state index is 0.585. The highest BCUT2D eigenvalue weighted by Crippen LogP contribution is 2.47. The lowest BCUT2D eigenvalue weighted by Gasteiger charge is -2.26. The van der Waals surface area contributed by atoms with E-state index < -0.39 is 0 Å². The molecular formula is C43H26N2O3. The van der Waals surface area contributed by atoms with E-state index in [0.717, 1.165) is 83.2 Å². The van der Waals surface area contributed by atoms with E-state index in [9.17, 15) is 0 Å². The van der Waals surface area contributed by atoms with Crippen LogP contribution in [0.3, 0.4) is 0 Å². The first-order valence-electron chi connectivity index (χ1n) is 16.0. The molecule has 0 saturated heterocycles. The van der Waals surface area contributed by atoms with Crippen molar-refractivity contribution in [1.82, 2.24) is 4.98 Å². The highest BCUT2D eigenvalue weighted by Gasteiger charge is 2.24. The van der Waals surface area contributed by atoms with E-state index >= 15 is 0 Å². The summed E-state index contributed by atoms with van der Waals surface area (Å²) in [6.07, 6.45) is 0. The molecule has 0 fully saturated rings. The molecule has 3 aromatic heterocycles. The Morgan fingerprint density at radius 1 is 0.396 bits per heavy atom. The third-order valence-corrected chi connectivity index (χ3v) is 9.11. The quantitative estimate of drug-likeness (QED) is 0.192. The zero-order chi connectivity index (χ0) is 31.6. The number of rotatable bonds is 5. The molecule has 7 aromatic carbocycles. The Morgan fingerprint density at radius 3 is 1.85 bits per heavy atom. The fraction of sp³-hybridized carbons (Fsp3) is 0. The van der Waals surface area contributed by atoms with Crippen molar-refractivity contribution in [1.29, 1.82) is 0 Å². The van der Waals surface area contributed by atoms with Crippen LogP contribution in [0, 0.1) is 0 Å². The van der Waals surface area contributed by atoms with Gasteiger partial charge in [0.25, 0.3) is 0 Å². The number of oxazole rings is 1. The number of hydrogen-bond donors (Lipinski definition) is 0. The molecule has 0 spiro atoms. The van der Waals surface area contributed by atoms with Crippen molar-refractivity contribution in [2.75, 3.05) is 4.90 Å². The summed E-state index contributed by atoms with van der Waals surface area (Å²) in [5.74, 6) is 0.585. The predicted octanol–water partition coefficient (Wildman–Crippen LogP) is 12.4. The van der Waals surface area contributed by atoms with Gasteiger partial charge in [0.2, 0.25) is 5.89 Å². The molecule has 0 bridgehead atoms. The molecule has 0 radical (unpaired) electrons. The van der Waals surface area contributed by atoms with Crippen LogP contribution in [0.5, 0.6) is 0 Å². The SMILES string of the molecule is c1ccc(-c2ccc(N(c3cccc4c3oc3ccc5oc(-c6ccccc6)nc5c34)c3cccc4oc5ccccc5c34)cc2)cc1. The average molecular weight is 619 g/mol. The topological polar surface area (TPSA) is 55.6 Å². The van der Waals surface area contributed by atoms with Gasteiger partial charge in [-0.1, -0.05) is 97.1 Å². The fourth-order valence-corrected chi connectivity index (χ4v) is 6.92. The van der Waals surface area contributed by atoms with E-state index in [4.69, 9.17) is 18.2 Å². The molecule has 3 heterocycles. The van der Waals surface area contributed by atoms with Crippen molar-refractivity contribution in [3.63, 3.8) is 0 Å². The van der Waals surface area contributed by atoms with Crippen molar-refractivity contribution in [2.24, 2.45) is 0 Å². The monoisotopic (exact) mass is 618 g/mol. The fourth-order valence-electron chi connectivity index (χ4n) is 6.92. The lowest BCUT2D eigenvalue weighted by atomic mass is 10.0. The molecule has 0 unspecified atom stereocenters. The molecule has 0 amide bonds. The van der Waals surface area contributed by atoms with Gasteiger partial charge in [-0.15, -0.1) is 0 Å². The van der Waals surface area contributed by atoms with E-state index in [1.54, 1.807) is 0 Å². The molecule has 5 heteroatoms. The molecule has 0 aliphatic heterocycles. The van der Waals surface area contributed by atoms with Gasteiger partial charge in [-0.05, 0) is 71.8 Å². The Morgan fingerprint density at radius 2 is 1.02 bits per heavy atom. The van der Waals surface area contributed by atoms with Crippen LogP contribution >= 0.6 is 0 Å². The summed E-state index contributed by atoms with van der Waals surface area (Å²) < 4.78 is 19.4. The summed E-state index contributed by atoms with van der Waals surface area (Å²) in [5, 5.41) is 4.00. The van der Waals surface area contributed by atoms with Crippen molar-refractivity contribution >= 4 is 72.0 Å². The van der Waals surface area contributed by atoms with Gasteiger partial charge in [0.1, 0.15) is 22.3 Å². The summed E-state index contributed by atoms with van der Waals surface area (Å²) in [5.41, 5.74) is 10.9. The minimum Gasteiger partial charge on any atom is -0.456 e. The molecule has 10 rings (SSSR count). The highest BCUT2D eigenvalue weighted by molar-refractivity contribution is 6.20. The van der Waals surface area contributed by atoms with E-state index in [1.807, 2.05) is 72.8 Å². The van der Waals surface area contributed by atoms with Gasteiger partial charge in [-0.3, -0.25) is 0 Å². The van der Waals surface area contributed by atoms with Crippen molar-refractivity contribution in [2.45, 2.75) is 0 Å². The van der Waals surface area contributed by atoms with Gasteiger partial charge in [-0.25, -0.2) is 4.98 Å². The van der Waals surface area contributed by atoms with E-state index in [0.29, 0.717) is 5.89 Å². The van der Waals surface area contributed by atoms with E-state index in [-0.39, 0.29) is 0 Å². The van der Waals surface area contributed by atoms with Crippen molar-refractivity contribution < 1.29 is 13.3 Å². The maximum atomic E-state index is 6.76. The van der Waals surface area contributed by atoms with E-state index in [1.165, 1.54) is 5.56 Å². The number of hydrogen-bond acceptors (Lipinski definition) is 5. The van der Waals surface area contributed by atoms with Crippen LogP contribution in [0.15, 0.2) is 171 Å². The zero-order valence-corrected chi connectivity index (χ0v) is 25.6. The molecule has 0 atom stereocenters. The maximum absolute atomic E-state index is 6.76. The van der Waals surface area contributed by atoms with E-state index in [2.05, 4.69) is 89.8 Å². The number of furan rings is 2. The molecular weight excluding hydrogens is 592 g/mol. The Labute approximate surface area is 274 Å². The van der Waals surface area contributed by atoms with Crippen LogP contribution < -0.4 is 4.90 Å². The molecule has 0 saturated carbocycles. The average Bonchev–Trinajstić information content (AvgIpc) is 3.87. The zero-order valence-electron chi connectivity index (χ0n) is 25.6. The first kappa shape index (κ1) is 26.6. The van der Waals surface area contributed by atoms with Crippen LogP contribution in [0.25, 0.3) is 77.6 Å². The molecule has 0 aliphatic rings. The van der Waals surface area contributed by atoms with Crippen LogP contribution in [0.4, 0.5) is 17.1 Å². The van der Waals surface area contributed by atoms with Gasteiger partial charge in [-0.2, -0.15) is 0 Å². The summed E-state index contributed by atoms with van der Waals surface area (Å²) >= 11 is 0. The van der Waals surface area contributed by atoms with Gasteiger partial charge < -0.3 is 18.2 Å². The number of fused-ring (bicyclic) bond motifs is 8. The van der Waals surface area contributed by atoms with Crippen molar-refractivity contribution in [3.8, 4) is 22.6 Å². The predicted molar refractivity (Wildman–Crippen MR) is 194 cm³/mol. The summed E-state index contributed by atoms with van der Waals surface area (Å²) in [4.78, 5) is 7.26. The van der Waals surface area contributed by atoms with Gasteiger partial charge in [0.15, 0.2) is 11.2 Å². The Balaban J connectivity index is 1.23. The Hall–Kier alpha value is -6.59. The largest absolute Gasteiger partial charge is 0.456 e. The molecule has 5 nitrogen and oxygen atoms in total. The third kappa shape index (κ3) is 4.08. The lowest BCUT2D eigenvalue weighted by molar-refractivity contribution is 0.619. The highest BCUT2D eigenvalue weighted by atomic mass is 16.4. The molecule has 48 heavy (non-hydrogen) atoms. The summed E-state index contributed by atoms with van der Waals surface area (Å²) in [6, 6.07) is 53.8. The van der Waals surface area contributed by atoms with Crippen LogP contribution in [0.2, 0.25) is 0 Å². The maximum Gasteiger partial charge on any atom is 0.227 e. The first-order valence-corrected chi connectivity index (χ1v) is 16.0. The lowest BCUT2D eigenvalue weighted by Crippen LogP contribution is -2.10. The Bertz CT molecular complexity index is 2770. The molecule has 0 aliphatic carbocycles. The number of benzene rings is 7. The van der Waals surface area contributed by atoms with Gasteiger partial charge >= 0.3 is 0 Å². The van der Waals surface area contributed by atoms with Crippen LogP contribution in [0.1, 0.15) is 0 Å².